The Labute approximate surface area is 101 Å². The molecule has 17 heavy (non-hydrogen) atoms. The molecule has 1 unspecified atom stereocenters. The Morgan fingerprint density at radius 3 is 2.65 bits per heavy atom. The maximum atomic E-state index is 9.88. The lowest BCUT2D eigenvalue weighted by atomic mass is 9.88. The molecular weight excluding hydrogens is 218 g/mol. The first-order chi connectivity index (χ1) is 8.10. The summed E-state index contributed by atoms with van der Waals surface area (Å²) >= 11 is 0. The van der Waals surface area contributed by atoms with Crippen LogP contribution >= 0.6 is 0 Å². The molecule has 0 saturated heterocycles. The van der Waals surface area contributed by atoms with E-state index in [4.69, 9.17) is 4.74 Å². The summed E-state index contributed by atoms with van der Waals surface area (Å²) in [6.45, 7) is 2.01. The zero-order valence-corrected chi connectivity index (χ0v) is 10.2. The molecule has 0 heterocycles. The van der Waals surface area contributed by atoms with Gasteiger partial charge in [0.05, 0.1) is 13.2 Å². The minimum Gasteiger partial charge on any atom is -0.507 e. The van der Waals surface area contributed by atoms with Crippen LogP contribution in [-0.4, -0.2) is 29.5 Å². The van der Waals surface area contributed by atoms with Crippen LogP contribution in [0.5, 0.6) is 11.5 Å². The average molecular weight is 237 g/mol. The minimum atomic E-state index is -0.163. The Hall–Kier alpha value is -1.26. The van der Waals surface area contributed by atoms with E-state index in [1.54, 1.807) is 13.2 Å². The van der Waals surface area contributed by atoms with Crippen LogP contribution in [0.2, 0.25) is 0 Å². The Morgan fingerprint density at radius 2 is 2.12 bits per heavy atom. The Bertz CT molecular complexity index is 388. The van der Waals surface area contributed by atoms with Crippen LogP contribution in [0.1, 0.15) is 31.4 Å². The first-order valence-electron chi connectivity index (χ1n) is 5.91. The van der Waals surface area contributed by atoms with Crippen molar-refractivity contribution in [1.82, 2.24) is 5.32 Å². The van der Waals surface area contributed by atoms with E-state index in [1.807, 2.05) is 19.1 Å². The summed E-state index contributed by atoms with van der Waals surface area (Å²) in [6, 6.07) is 5.73. The van der Waals surface area contributed by atoms with Crippen LogP contribution in [0.25, 0.3) is 0 Å². The second kappa shape index (κ2) is 4.94. The fraction of sp³-hybridized carbons (Fsp3) is 0.538. The summed E-state index contributed by atoms with van der Waals surface area (Å²) in [6.07, 6.45) is 1.42. The molecule has 0 bridgehead atoms. The molecule has 1 aliphatic carbocycles. The molecule has 4 nitrogen and oxygen atoms in total. The van der Waals surface area contributed by atoms with Gasteiger partial charge in [0.1, 0.15) is 11.5 Å². The Kier molecular flexibility index (Phi) is 3.54. The third-order valence-corrected chi connectivity index (χ3v) is 3.30. The molecule has 1 fully saturated rings. The van der Waals surface area contributed by atoms with Gasteiger partial charge in [0.2, 0.25) is 0 Å². The first-order valence-corrected chi connectivity index (χ1v) is 5.91. The van der Waals surface area contributed by atoms with Crippen molar-refractivity contribution < 1.29 is 14.9 Å². The van der Waals surface area contributed by atoms with Gasteiger partial charge in [0.25, 0.3) is 0 Å². The molecule has 0 spiro atoms. The molecule has 2 rings (SSSR count). The van der Waals surface area contributed by atoms with Crippen LogP contribution in [0.4, 0.5) is 0 Å². The number of aliphatic hydroxyl groups excluding tert-OH is 1. The van der Waals surface area contributed by atoms with Crippen molar-refractivity contribution in [3.8, 4) is 11.5 Å². The zero-order valence-electron chi connectivity index (χ0n) is 10.2. The fourth-order valence-electron chi connectivity index (χ4n) is 2.18. The van der Waals surface area contributed by atoms with Gasteiger partial charge in [-0.2, -0.15) is 0 Å². The number of hydrogen-bond donors (Lipinski definition) is 3. The summed E-state index contributed by atoms with van der Waals surface area (Å²) in [4.78, 5) is 0. The van der Waals surface area contributed by atoms with Crippen molar-refractivity contribution in [2.45, 2.75) is 38.0 Å². The number of methoxy groups -OCH3 is 1. The highest BCUT2D eigenvalue weighted by Crippen LogP contribution is 2.30. The van der Waals surface area contributed by atoms with E-state index in [0.717, 1.165) is 18.4 Å². The summed E-state index contributed by atoms with van der Waals surface area (Å²) in [7, 11) is 1.58. The van der Waals surface area contributed by atoms with E-state index in [0.29, 0.717) is 11.8 Å². The number of benzene rings is 1. The number of aromatic hydroxyl groups is 1. The first kappa shape index (κ1) is 12.2. The Morgan fingerprint density at radius 1 is 1.41 bits per heavy atom. The fourth-order valence-corrected chi connectivity index (χ4v) is 2.18. The van der Waals surface area contributed by atoms with Crippen molar-refractivity contribution in [2.24, 2.45) is 0 Å². The van der Waals surface area contributed by atoms with Crippen LogP contribution in [0.3, 0.4) is 0 Å². The number of rotatable bonds is 4. The second-order valence-electron chi connectivity index (χ2n) is 4.64. The van der Waals surface area contributed by atoms with Crippen molar-refractivity contribution in [3.05, 3.63) is 23.8 Å². The van der Waals surface area contributed by atoms with E-state index in [1.165, 1.54) is 0 Å². The maximum absolute atomic E-state index is 9.88. The summed E-state index contributed by atoms with van der Waals surface area (Å²) in [5.74, 6) is 0.890. The summed E-state index contributed by atoms with van der Waals surface area (Å²) in [5.41, 5.74) is 0.854. The zero-order chi connectivity index (χ0) is 12.4. The molecule has 94 valence electrons. The third kappa shape index (κ3) is 2.70. The van der Waals surface area contributed by atoms with Crippen molar-refractivity contribution in [2.75, 3.05) is 7.11 Å². The lowest BCUT2D eigenvalue weighted by Crippen LogP contribution is -2.45. The average Bonchev–Trinajstić information content (AvgIpc) is 2.26. The SMILES string of the molecule is COc1ccc(C(C)NC2CC(O)C2)c(O)c1. The highest BCUT2D eigenvalue weighted by Gasteiger charge is 2.28. The van der Waals surface area contributed by atoms with Gasteiger partial charge >= 0.3 is 0 Å². The number of aliphatic hydroxyl groups is 1. The normalized spacial score (nSPS) is 25.1. The highest BCUT2D eigenvalue weighted by molar-refractivity contribution is 5.41. The van der Waals surface area contributed by atoms with Crippen molar-refractivity contribution in [3.63, 3.8) is 0 Å². The molecule has 1 saturated carbocycles. The van der Waals surface area contributed by atoms with Crippen LogP contribution < -0.4 is 10.1 Å². The molecule has 0 aliphatic heterocycles. The number of hydrogen-bond acceptors (Lipinski definition) is 4. The monoisotopic (exact) mass is 237 g/mol. The molecule has 1 aromatic carbocycles. The van der Waals surface area contributed by atoms with E-state index < -0.39 is 0 Å². The van der Waals surface area contributed by atoms with Gasteiger partial charge in [-0.15, -0.1) is 0 Å². The molecule has 1 atom stereocenters. The predicted octanol–water partition coefficient (Wildman–Crippen LogP) is 1.57. The van der Waals surface area contributed by atoms with Crippen molar-refractivity contribution in [1.29, 1.82) is 0 Å². The van der Waals surface area contributed by atoms with Gasteiger partial charge in [0, 0.05) is 23.7 Å². The summed E-state index contributed by atoms with van der Waals surface area (Å²) < 4.78 is 5.04. The molecule has 3 N–H and O–H groups in total. The Balaban J connectivity index is 2.01. The topological polar surface area (TPSA) is 61.7 Å². The van der Waals surface area contributed by atoms with Crippen molar-refractivity contribution >= 4 is 0 Å². The van der Waals surface area contributed by atoms with Gasteiger partial charge < -0.3 is 20.3 Å². The maximum Gasteiger partial charge on any atom is 0.124 e. The van der Waals surface area contributed by atoms with Gasteiger partial charge in [-0.1, -0.05) is 6.07 Å². The molecule has 4 heteroatoms. The van der Waals surface area contributed by atoms with Crippen LogP contribution in [0.15, 0.2) is 18.2 Å². The minimum absolute atomic E-state index is 0.0680. The molecule has 1 aromatic rings. The lowest BCUT2D eigenvalue weighted by Gasteiger charge is -2.34. The van der Waals surface area contributed by atoms with Gasteiger partial charge in [-0.25, -0.2) is 0 Å². The third-order valence-electron chi connectivity index (χ3n) is 3.30. The van der Waals surface area contributed by atoms with Gasteiger partial charge in [0.15, 0.2) is 0 Å². The van der Waals surface area contributed by atoms with Gasteiger partial charge in [-0.3, -0.25) is 0 Å². The number of phenols is 1. The quantitative estimate of drug-likeness (QED) is 0.744. The molecular formula is C13H19NO3. The van der Waals surface area contributed by atoms with Crippen LogP contribution in [0, 0.1) is 0 Å². The van der Waals surface area contributed by atoms with E-state index in [9.17, 15) is 10.2 Å². The lowest BCUT2D eigenvalue weighted by molar-refractivity contribution is 0.0585. The van der Waals surface area contributed by atoms with E-state index in [-0.39, 0.29) is 17.9 Å². The van der Waals surface area contributed by atoms with Gasteiger partial charge in [-0.05, 0) is 25.8 Å². The smallest absolute Gasteiger partial charge is 0.124 e. The molecule has 0 aromatic heterocycles. The van der Waals surface area contributed by atoms with E-state index >= 15 is 0 Å². The highest BCUT2D eigenvalue weighted by atomic mass is 16.5. The predicted molar refractivity (Wildman–Crippen MR) is 65.2 cm³/mol. The summed E-state index contributed by atoms with van der Waals surface area (Å²) in [5, 5.41) is 22.5. The molecule has 1 aliphatic rings. The van der Waals surface area contributed by atoms with E-state index in [2.05, 4.69) is 5.32 Å². The number of nitrogens with one attached hydrogen (secondary N) is 1. The standard InChI is InChI=1S/C13H19NO3/c1-8(14-9-5-10(15)6-9)12-4-3-11(17-2)7-13(12)16/h3-4,7-10,14-16H,5-6H2,1-2H3. The number of phenolic OH excluding ortho intramolecular Hbond substituents is 1. The molecule has 0 radical (unpaired) electrons. The van der Waals surface area contributed by atoms with Crippen LogP contribution in [-0.2, 0) is 0 Å². The number of ether oxygens (including phenoxy) is 1. The second-order valence-corrected chi connectivity index (χ2v) is 4.64. The molecule has 0 amide bonds. The largest absolute Gasteiger partial charge is 0.507 e.